The predicted molar refractivity (Wildman–Crippen MR) is 174 cm³/mol. The molecule has 0 aromatic heterocycles. The number of nitrogens with one attached hydrogen (secondary N) is 2. The van der Waals surface area contributed by atoms with Gasteiger partial charge >= 0.3 is 6.09 Å². The number of carbonyl (C=O) groups excluding carboxylic acids is 3. The molecule has 0 aliphatic carbocycles. The number of anilines is 1. The van der Waals surface area contributed by atoms with E-state index in [0.29, 0.717) is 27.4 Å². The highest BCUT2D eigenvalue weighted by Crippen LogP contribution is 2.33. The van der Waals surface area contributed by atoms with E-state index in [-0.39, 0.29) is 12.2 Å². The minimum Gasteiger partial charge on any atom is -0.508 e. The number of rotatable bonds is 8. The van der Waals surface area contributed by atoms with Gasteiger partial charge in [0.1, 0.15) is 23.4 Å². The van der Waals surface area contributed by atoms with E-state index in [1.54, 1.807) is 69.3 Å². The number of phenolic OH excluding ortho intramolecular Hbond substituents is 1. The normalized spacial score (nSPS) is 12.8. The first-order valence-electron chi connectivity index (χ1n) is 14.2. The van der Waals surface area contributed by atoms with E-state index < -0.39 is 41.1 Å². The number of hydrogen-bond acceptors (Lipinski definition) is 5. The molecule has 0 fully saturated rings. The minimum atomic E-state index is -1.15. The van der Waals surface area contributed by atoms with Gasteiger partial charge in [0.15, 0.2) is 0 Å². The first-order valence-corrected chi connectivity index (χ1v) is 14.6. The molecule has 0 saturated carbocycles. The van der Waals surface area contributed by atoms with Crippen molar-refractivity contribution in [3.8, 4) is 18.1 Å². The summed E-state index contributed by atoms with van der Waals surface area (Å²) in [4.78, 5) is 43.4. The van der Waals surface area contributed by atoms with E-state index in [1.165, 1.54) is 17.0 Å². The van der Waals surface area contributed by atoms with Crippen molar-refractivity contribution < 1.29 is 24.2 Å². The van der Waals surface area contributed by atoms with Crippen molar-refractivity contribution in [2.45, 2.75) is 78.1 Å². The minimum absolute atomic E-state index is 0.0649. The van der Waals surface area contributed by atoms with E-state index in [9.17, 15) is 19.5 Å². The zero-order valence-electron chi connectivity index (χ0n) is 26.2. The van der Waals surface area contributed by atoms with Crippen LogP contribution in [-0.2, 0) is 20.7 Å². The Kier molecular flexibility index (Phi) is 10.7. The molecule has 0 spiro atoms. The molecule has 0 saturated heterocycles. The van der Waals surface area contributed by atoms with Crippen molar-refractivity contribution in [2.75, 3.05) is 5.32 Å². The molecule has 0 aliphatic heterocycles. The summed E-state index contributed by atoms with van der Waals surface area (Å²) in [5.74, 6) is 1.61. The van der Waals surface area contributed by atoms with Gasteiger partial charge in [0.2, 0.25) is 5.91 Å². The highest BCUT2D eigenvalue weighted by Gasteiger charge is 2.42. The Morgan fingerprint density at radius 1 is 0.977 bits per heavy atom. The van der Waals surface area contributed by atoms with Crippen molar-refractivity contribution in [2.24, 2.45) is 0 Å². The second kappa shape index (κ2) is 13.9. The standard InChI is InChI=1S/C35H40ClN3O5/c1-9-23-13-17-25(18-14-23)30(31(41)38-29-22(2)11-10-12-27(29)36)39(34(3,4)5)32(42)28(37-33(43)44-35(6,7)8)21-24-15-19-26(40)20-16-24/h1,10-20,28,30,40H,21H2,2-8H3,(H,37,43)(H,38,41). The lowest BCUT2D eigenvalue weighted by Crippen LogP contribution is -2.58. The van der Waals surface area contributed by atoms with Crippen LogP contribution in [0.15, 0.2) is 66.7 Å². The average Bonchev–Trinajstić information content (AvgIpc) is 2.92. The highest BCUT2D eigenvalue weighted by atomic mass is 35.5. The van der Waals surface area contributed by atoms with Crippen LogP contribution >= 0.6 is 11.6 Å². The monoisotopic (exact) mass is 617 g/mol. The number of ether oxygens (including phenoxy) is 1. The summed E-state index contributed by atoms with van der Waals surface area (Å²) in [5.41, 5.74) is 1.25. The first kappa shape index (κ1) is 34.0. The van der Waals surface area contributed by atoms with Crippen molar-refractivity contribution >= 4 is 35.2 Å². The maximum Gasteiger partial charge on any atom is 0.408 e. The van der Waals surface area contributed by atoms with Gasteiger partial charge in [-0.2, -0.15) is 0 Å². The van der Waals surface area contributed by atoms with Gasteiger partial charge in [-0.15, -0.1) is 6.42 Å². The number of aromatic hydroxyl groups is 1. The zero-order chi connectivity index (χ0) is 32.8. The van der Waals surface area contributed by atoms with E-state index in [4.69, 9.17) is 22.8 Å². The van der Waals surface area contributed by atoms with Gasteiger partial charge in [0.05, 0.1) is 10.7 Å². The molecular weight excluding hydrogens is 578 g/mol. The number of terminal acetylenes is 1. The van der Waals surface area contributed by atoms with Gasteiger partial charge < -0.3 is 25.4 Å². The maximum absolute atomic E-state index is 14.7. The number of benzene rings is 3. The molecule has 3 aromatic carbocycles. The first-order chi connectivity index (χ1) is 20.5. The Balaban J connectivity index is 2.15. The molecule has 2 unspecified atom stereocenters. The Labute approximate surface area is 264 Å². The zero-order valence-corrected chi connectivity index (χ0v) is 27.0. The summed E-state index contributed by atoms with van der Waals surface area (Å²) in [5, 5.41) is 15.8. The Morgan fingerprint density at radius 3 is 2.11 bits per heavy atom. The molecule has 0 bridgehead atoms. The molecule has 2 atom stereocenters. The molecular formula is C35H40ClN3O5. The van der Waals surface area contributed by atoms with Crippen LogP contribution in [0.25, 0.3) is 0 Å². The summed E-state index contributed by atoms with van der Waals surface area (Å²) in [7, 11) is 0. The van der Waals surface area contributed by atoms with Gasteiger partial charge in [-0.3, -0.25) is 9.59 Å². The fraction of sp³-hybridized carbons (Fsp3) is 0.343. The van der Waals surface area contributed by atoms with Gasteiger partial charge in [-0.05, 0) is 95.5 Å². The lowest BCUT2D eigenvalue weighted by atomic mass is 9.93. The number of alkyl carbamates (subject to hydrolysis) is 1. The smallest absolute Gasteiger partial charge is 0.408 e. The largest absolute Gasteiger partial charge is 0.508 e. The van der Waals surface area contributed by atoms with Gasteiger partial charge in [0, 0.05) is 17.5 Å². The van der Waals surface area contributed by atoms with Crippen LogP contribution in [0.2, 0.25) is 5.02 Å². The summed E-state index contributed by atoms with van der Waals surface area (Å²) in [6, 6.07) is 16.2. The van der Waals surface area contributed by atoms with Crippen LogP contribution in [0.1, 0.15) is 69.8 Å². The number of carbonyl (C=O) groups is 3. The van der Waals surface area contributed by atoms with Gasteiger partial charge in [-0.25, -0.2) is 4.79 Å². The Hall–Kier alpha value is -4.48. The van der Waals surface area contributed by atoms with Crippen molar-refractivity contribution in [3.63, 3.8) is 0 Å². The van der Waals surface area contributed by atoms with E-state index in [0.717, 1.165) is 5.56 Å². The average molecular weight is 618 g/mol. The van der Waals surface area contributed by atoms with Crippen molar-refractivity contribution in [3.05, 3.63) is 94.0 Å². The number of nitrogens with zero attached hydrogens (tertiary/aromatic N) is 1. The molecule has 0 radical (unpaired) electrons. The lowest BCUT2D eigenvalue weighted by Gasteiger charge is -2.43. The fourth-order valence-corrected chi connectivity index (χ4v) is 4.96. The second-order valence-electron chi connectivity index (χ2n) is 12.5. The van der Waals surface area contributed by atoms with Crippen molar-refractivity contribution in [1.82, 2.24) is 10.2 Å². The number of amides is 3. The number of halogens is 1. The van der Waals surface area contributed by atoms with Crippen LogP contribution < -0.4 is 10.6 Å². The van der Waals surface area contributed by atoms with Crippen LogP contribution in [0.5, 0.6) is 5.75 Å². The third kappa shape index (κ3) is 9.01. The summed E-state index contributed by atoms with van der Waals surface area (Å²) >= 11 is 6.46. The van der Waals surface area contributed by atoms with Gasteiger partial charge in [-0.1, -0.05) is 53.9 Å². The van der Waals surface area contributed by atoms with Crippen LogP contribution in [0.4, 0.5) is 10.5 Å². The number of aryl methyl sites for hydroxylation is 1. The van der Waals surface area contributed by atoms with E-state index in [1.807, 2.05) is 33.8 Å². The summed E-state index contributed by atoms with van der Waals surface area (Å²) in [6.45, 7) is 12.4. The SMILES string of the molecule is C#Cc1ccc(C(C(=O)Nc2c(C)cccc2Cl)N(C(=O)C(Cc2ccc(O)cc2)NC(=O)OC(C)(C)C)C(C)(C)C)cc1. The summed E-state index contributed by atoms with van der Waals surface area (Å²) < 4.78 is 5.49. The summed E-state index contributed by atoms with van der Waals surface area (Å²) in [6.07, 6.45) is 4.87. The van der Waals surface area contributed by atoms with Gasteiger partial charge in [0.25, 0.3) is 5.91 Å². The quantitative estimate of drug-likeness (QED) is 0.242. The molecule has 3 aromatic rings. The van der Waals surface area contributed by atoms with E-state index in [2.05, 4.69) is 16.6 Å². The van der Waals surface area contributed by atoms with Crippen LogP contribution in [0, 0.1) is 19.3 Å². The molecule has 9 heteroatoms. The Morgan fingerprint density at radius 2 is 1.59 bits per heavy atom. The predicted octanol–water partition coefficient (Wildman–Crippen LogP) is 6.78. The third-order valence-corrected chi connectivity index (χ3v) is 7.01. The van der Waals surface area contributed by atoms with E-state index >= 15 is 0 Å². The molecule has 44 heavy (non-hydrogen) atoms. The molecule has 232 valence electrons. The highest BCUT2D eigenvalue weighted by molar-refractivity contribution is 6.34. The third-order valence-electron chi connectivity index (χ3n) is 6.70. The lowest BCUT2D eigenvalue weighted by molar-refractivity contribution is -0.146. The molecule has 3 amide bonds. The molecule has 3 rings (SSSR count). The topological polar surface area (TPSA) is 108 Å². The second-order valence-corrected chi connectivity index (χ2v) is 12.9. The van der Waals surface area contributed by atoms with Crippen LogP contribution in [-0.4, -0.2) is 45.1 Å². The maximum atomic E-state index is 14.7. The molecule has 3 N–H and O–H groups in total. The molecule has 8 nitrogen and oxygen atoms in total. The number of phenols is 1. The van der Waals surface area contributed by atoms with Crippen molar-refractivity contribution in [1.29, 1.82) is 0 Å². The molecule has 0 aliphatic rings. The number of hydrogen-bond donors (Lipinski definition) is 3. The Bertz CT molecular complexity index is 1510. The van der Waals surface area contributed by atoms with Crippen LogP contribution in [0.3, 0.4) is 0 Å². The number of para-hydroxylation sites is 1. The molecule has 0 heterocycles. The fourth-order valence-electron chi connectivity index (χ4n) is 4.69.